The van der Waals surface area contributed by atoms with Crippen molar-refractivity contribution in [3.63, 3.8) is 0 Å². The Morgan fingerprint density at radius 1 is 0.333 bits per heavy atom. The zero-order chi connectivity index (χ0) is 38.7. The SMILES string of the molecule is Fc1c(F)c(OCCOCC[NH+](CCOCCOc2c(F)c(F)c(I)c(F)c2F)CCOCCOc2c(F)c(F)c(I)c(F)c2F)c(F)c(F)c1I.[I-].[Na+]. The fourth-order valence-corrected chi connectivity index (χ4v) is 5.49. The molecule has 3 aromatic carbocycles. The smallest absolute Gasteiger partial charge is 1.00 e. The molecule has 0 bridgehead atoms. The molecule has 0 aliphatic carbocycles. The molecule has 0 fully saturated rings. The quantitative estimate of drug-likeness (QED) is 0.0423. The summed E-state index contributed by atoms with van der Waals surface area (Å²) in [6.45, 7) is -1.57. The van der Waals surface area contributed by atoms with E-state index in [1.807, 2.05) is 0 Å². The predicted molar refractivity (Wildman–Crippen MR) is 181 cm³/mol. The van der Waals surface area contributed by atoms with E-state index in [0.29, 0.717) is 0 Å². The van der Waals surface area contributed by atoms with Gasteiger partial charge in [-0.05, 0) is 67.8 Å². The van der Waals surface area contributed by atoms with E-state index < -0.39 is 118 Å². The Balaban J connectivity index is 0.00000729. The summed E-state index contributed by atoms with van der Waals surface area (Å²) in [7, 11) is 0. The maximum atomic E-state index is 14.0. The first-order valence-corrected chi connectivity index (χ1v) is 17.8. The zero-order valence-corrected chi connectivity index (χ0v) is 38.1. The summed E-state index contributed by atoms with van der Waals surface area (Å²) in [5.41, 5.74) is 0. The molecule has 0 atom stereocenters. The number of rotatable bonds is 21. The average molecular weight is 1250 g/mol. The van der Waals surface area contributed by atoms with E-state index in [1.54, 1.807) is 0 Å². The first-order valence-electron chi connectivity index (χ1n) is 14.6. The number of halogens is 16. The summed E-state index contributed by atoms with van der Waals surface area (Å²) in [4.78, 5) is 0.722. The van der Waals surface area contributed by atoms with Crippen LogP contribution in [-0.2, 0) is 14.2 Å². The van der Waals surface area contributed by atoms with E-state index in [9.17, 15) is 52.7 Å². The van der Waals surface area contributed by atoms with Crippen molar-refractivity contribution in [2.45, 2.75) is 0 Å². The predicted octanol–water partition coefficient (Wildman–Crippen LogP) is 0.649. The third kappa shape index (κ3) is 13.8. The van der Waals surface area contributed by atoms with Crippen molar-refractivity contribution in [1.29, 1.82) is 0 Å². The number of benzene rings is 3. The fraction of sp³-hybridized carbons (Fsp3) is 0.400. The van der Waals surface area contributed by atoms with E-state index >= 15 is 0 Å². The van der Waals surface area contributed by atoms with Gasteiger partial charge in [-0.25, -0.2) is 26.3 Å². The van der Waals surface area contributed by atoms with Gasteiger partial charge < -0.3 is 57.3 Å². The summed E-state index contributed by atoms with van der Waals surface area (Å²) in [5, 5.41) is 0. The molecule has 0 spiro atoms. The molecule has 0 aliphatic heterocycles. The molecule has 3 aromatic rings. The third-order valence-corrected chi connectivity index (χ3v) is 9.57. The van der Waals surface area contributed by atoms with Gasteiger partial charge in [0.15, 0.2) is 52.2 Å². The van der Waals surface area contributed by atoms with Crippen LogP contribution in [0.5, 0.6) is 17.2 Å². The molecule has 0 aromatic heterocycles. The van der Waals surface area contributed by atoms with Crippen molar-refractivity contribution in [2.75, 3.05) is 79.1 Å². The van der Waals surface area contributed by atoms with Crippen molar-refractivity contribution in [3.05, 3.63) is 80.5 Å². The van der Waals surface area contributed by atoms with Gasteiger partial charge in [-0.2, -0.15) is 26.3 Å². The number of ether oxygens (including phenoxy) is 6. The molecule has 1 N–H and O–H groups in total. The van der Waals surface area contributed by atoms with Crippen LogP contribution in [0.3, 0.4) is 0 Å². The van der Waals surface area contributed by atoms with E-state index in [-0.39, 0.29) is 113 Å². The van der Waals surface area contributed by atoms with Gasteiger partial charge in [-0.1, -0.05) is 0 Å². The minimum absolute atomic E-state index is 0. The van der Waals surface area contributed by atoms with Crippen molar-refractivity contribution < 1.29 is 140 Å². The molecule has 298 valence electrons. The molecule has 7 nitrogen and oxygen atoms in total. The van der Waals surface area contributed by atoms with Gasteiger partial charge in [0.25, 0.3) is 0 Å². The van der Waals surface area contributed by atoms with Gasteiger partial charge in [-0.15, -0.1) is 0 Å². The van der Waals surface area contributed by atoms with Crippen LogP contribution in [0.15, 0.2) is 0 Å². The molecule has 0 saturated carbocycles. The third-order valence-electron chi connectivity index (χ3n) is 6.73. The summed E-state index contributed by atoms with van der Waals surface area (Å²) in [5.74, 6) is -23.7. The van der Waals surface area contributed by atoms with Crippen molar-refractivity contribution in [3.8, 4) is 17.2 Å². The first-order chi connectivity index (χ1) is 24.6. The van der Waals surface area contributed by atoms with Gasteiger partial charge >= 0.3 is 29.6 Å². The molecule has 0 radical (unpaired) electrons. The Hall–Kier alpha value is -0.0200. The van der Waals surface area contributed by atoms with Crippen LogP contribution in [0, 0.1) is 80.5 Å². The van der Waals surface area contributed by atoms with Crippen molar-refractivity contribution in [2.24, 2.45) is 0 Å². The van der Waals surface area contributed by atoms with E-state index in [1.165, 1.54) is 0 Å². The molecule has 0 amide bonds. The maximum absolute atomic E-state index is 14.0. The monoisotopic (exact) mass is 1250 g/mol. The van der Waals surface area contributed by atoms with E-state index in [2.05, 4.69) is 0 Å². The zero-order valence-electron chi connectivity index (χ0n) is 27.5. The van der Waals surface area contributed by atoms with Crippen LogP contribution < -0.4 is 72.6 Å². The minimum Gasteiger partial charge on any atom is -1.00 e. The molecule has 0 heterocycles. The second kappa shape index (κ2) is 25.5. The molecule has 0 saturated heterocycles. The Morgan fingerprint density at radius 2 is 0.537 bits per heavy atom. The molecular formula is C30H25F12I4NNaO6+. The van der Waals surface area contributed by atoms with Gasteiger partial charge in [0, 0.05) is 0 Å². The number of hydrogen-bond donors (Lipinski definition) is 1. The molecule has 0 aliphatic rings. The van der Waals surface area contributed by atoms with Crippen LogP contribution in [0.25, 0.3) is 0 Å². The topological polar surface area (TPSA) is 59.8 Å². The van der Waals surface area contributed by atoms with Crippen LogP contribution in [0.1, 0.15) is 0 Å². The standard InChI is InChI=1S/C30H24F12I3NO6.HI.Na/c31-13-19(37)28(20(38)14(32)25(13)43)50-10-7-47-4-1-46(2-5-48-8-11-51-29-21(39)15(33)26(44)16(34)22(29)40)3-6-49-9-12-52-30-23(41)17(35)27(45)18(36)24(30)42;;/h1-12H2;1H;/q;;+1. The van der Waals surface area contributed by atoms with Crippen LogP contribution >= 0.6 is 67.8 Å². The van der Waals surface area contributed by atoms with Crippen molar-refractivity contribution in [1.82, 2.24) is 0 Å². The number of hydrogen-bond acceptors (Lipinski definition) is 6. The fourth-order valence-electron chi connectivity index (χ4n) is 4.07. The van der Waals surface area contributed by atoms with Gasteiger partial charge in [0.05, 0.1) is 50.4 Å². The van der Waals surface area contributed by atoms with Crippen LogP contribution in [0.4, 0.5) is 52.7 Å². The van der Waals surface area contributed by atoms with E-state index in [4.69, 9.17) is 28.4 Å². The Morgan fingerprint density at radius 3 is 0.741 bits per heavy atom. The summed E-state index contributed by atoms with van der Waals surface area (Å²) in [6, 6.07) is 0. The number of quaternary nitrogens is 1. The summed E-state index contributed by atoms with van der Waals surface area (Å²) >= 11 is 3.29. The summed E-state index contributed by atoms with van der Waals surface area (Å²) < 4.78 is 194. The van der Waals surface area contributed by atoms with Crippen molar-refractivity contribution >= 4 is 67.8 Å². The number of nitrogens with one attached hydrogen (secondary N) is 1. The largest absolute Gasteiger partial charge is 1.00 e. The van der Waals surface area contributed by atoms with Gasteiger partial charge in [0.2, 0.25) is 34.9 Å². The normalized spacial score (nSPS) is 11.1. The Kier molecular flexibility index (Phi) is 24.5. The minimum atomic E-state index is -1.71. The molecule has 0 unspecified atom stereocenters. The van der Waals surface area contributed by atoms with E-state index in [0.717, 1.165) is 72.7 Å². The molecular weight excluding hydrogens is 1230 g/mol. The molecule has 24 heteroatoms. The first kappa shape index (κ1) is 52.0. The Labute approximate surface area is 380 Å². The van der Waals surface area contributed by atoms with Crippen LogP contribution in [-0.4, -0.2) is 79.1 Å². The van der Waals surface area contributed by atoms with Gasteiger partial charge in [0.1, 0.15) is 39.5 Å². The molecule has 3 rings (SSSR count). The average Bonchev–Trinajstić information content (AvgIpc) is 3.13. The second-order valence-corrected chi connectivity index (χ2v) is 13.3. The second-order valence-electron chi connectivity index (χ2n) is 10.1. The van der Waals surface area contributed by atoms with Gasteiger partial charge in [-0.3, -0.25) is 0 Å². The maximum Gasteiger partial charge on any atom is 1.00 e. The summed E-state index contributed by atoms with van der Waals surface area (Å²) in [6.07, 6.45) is 0. The Bertz CT molecular complexity index is 1440. The molecule has 54 heavy (non-hydrogen) atoms. The van der Waals surface area contributed by atoms with Crippen LogP contribution in [0.2, 0.25) is 0 Å².